The third-order valence-corrected chi connectivity index (χ3v) is 8.06. The van der Waals surface area contributed by atoms with Gasteiger partial charge in [-0.15, -0.1) is 13.2 Å². The Balaban J connectivity index is 2.03. The molecule has 0 spiro atoms. The number of rotatable bonds is 4. The normalized spacial score (nSPS) is 21.0. The Bertz CT molecular complexity index is 1270. The van der Waals surface area contributed by atoms with Crippen LogP contribution < -0.4 is 10.1 Å². The van der Waals surface area contributed by atoms with E-state index in [2.05, 4.69) is 10.1 Å². The molecule has 4 nitrogen and oxygen atoms in total. The van der Waals surface area contributed by atoms with Crippen molar-refractivity contribution >= 4 is 22.9 Å². The topological polar surface area (TPSA) is 55.4 Å². The number of ether oxygens (including phenoxy) is 1. The molecule has 1 fully saturated rings. The Labute approximate surface area is 214 Å². The molecule has 200 valence electrons. The minimum absolute atomic E-state index is 0.0300. The van der Waals surface area contributed by atoms with Crippen LogP contribution >= 0.6 is 11.8 Å². The Morgan fingerprint density at radius 3 is 2.08 bits per heavy atom. The van der Waals surface area contributed by atoms with Gasteiger partial charge in [0.05, 0.1) is 10.8 Å². The highest BCUT2D eigenvalue weighted by molar-refractivity contribution is 8.15. The first-order valence-electron chi connectivity index (χ1n) is 11.5. The summed E-state index contributed by atoms with van der Waals surface area (Å²) in [5.74, 6) is -1.47. The van der Waals surface area contributed by atoms with Crippen LogP contribution in [0.3, 0.4) is 0 Å². The van der Waals surface area contributed by atoms with Gasteiger partial charge in [0.15, 0.2) is 0 Å². The van der Waals surface area contributed by atoms with Gasteiger partial charge in [-0.25, -0.2) is 0 Å². The van der Waals surface area contributed by atoms with Gasteiger partial charge in [-0.2, -0.15) is 13.2 Å². The van der Waals surface area contributed by atoms with Crippen LogP contribution in [0, 0.1) is 0 Å². The van der Waals surface area contributed by atoms with Crippen LogP contribution in [-0.2, 0) is 28.2 Å². The predicted molar refractivity (Wildman–Crippen MR) is 127 cm³/mol. The standard InChI is InChI=1S/C26H25F6NO3S/c1-23(2)8-9-24(3,4)17-12-15(25(27,28)29)14(11-16(17)23)20-13(10-19-21(34)33-22(35)37-19)6-5-7-18(20)36-26(30,31)32/h5-7,11-12,19H,8-10H2,1-4H3,(H,33,34,35). The number of benzene rings is 2. The molecule has 0 bridgehead atoms. The lowest BCUT2D eigenvalue weighted by molar-refractivity contribution is -0.274. The number of hydrogen-bond donors (Lipinski definition) is 1. The van der Waals surface area contributed by atoms with Crippen LogP contribution in [0.5, 0.6) is 5.75 Å². The number of thioether (sulfide) groups is 1. The van der Waals surface area contributed by atoms with Crippen LogP contribution in [-0.4, -0.2) is 22.8 Å². The Morgan fingerprint density at radius 2 is 1.57 bits per heavy atom. The van der Waals surface area contributed by atoms with E-state index < -0.39 is 62.2 Å². The molecule has 4 rings (SSSR count). The fourth-order valence-electron chi connectivity index (χ4n) is 5.04. The summed E-state index contributed by atoms with van der Waals surface area (Å²) in [5, 5.41) is 0.453. The van der Waals surface area contributed by atoms with Crippen molar-refractivity contribution in [2.75, 3.05) is 0 Å². The average Bonchev–Trinajstić information content (AvgIpc) is 3.06. The van der Waals surface area contributed by atoms with E-state index >= 15 is 0 Å². The molecular weight excluding hydrogens is 520 g/mol. The summed E-state index contributed by atoms with van der Waals surface area (Å²) in [6.07, 6.45) is -9.01. The first-order chi connectivity index (χ1) is 16.9. The van der Waals surface area contributed by atoms with Crippen LogP contribution in [0.15, 0.2) is 30.3 Å². The molecule has 2 aromatic rings. The summed E-state index contributed by atoms with van der Waals surface area (Å²) in [5.41, 5.74) is -1.92. The van der Waals surface area contributed by atoms with Crippen LogP contribution in [0.4, 0.5) is 31.1 Å². The summed E-state index contributed by atoms with van der Waals surface area (Å²) < 4.78 is 87.8. The van der Waals surface area contributed by atoms with Crippen molar-refractivity contribution in [2.24, 2.45) is 0 Å². The Kier molecular flexibility index (Phi) is 6.62. The van der Waals surface area contributed by atoms with E-state index in [9.17, 15) is 35.9 Å². The number of carbonyl (C=O) groups excluding carboxylic acids is 2. The molecule has 0 saturated carbocycles. The van der Waals surface area contributed by atoms with E-state index in [0.717, 1.165) is 12.1 Å². The molecule has 0 radical (unpaired) electrons. The van der Waals surface area contributed by atoms with Crippen LogP contribution in [0.1, 0.15) is 62.8 Å². The maximum absolute atomic E-state index is 14.5. The van der Waals surface area contributed by atoms with Crippen molar-refractivity contribution in [1.82, 2.24) is 5.32 Å². The van der Waals surface area contributed by atoms with Crippen LogP contribution in [0.25, 0.3) is 11.1 Å². The first kappa shape index (κ1) is 27.3. The second kappa shape index (κ2) is 8.96. The van der Waals surface area contributed by atoms with Gasteiger partial charge >= 0.3 is 12.5 Å². The largest absolute Gasteiger partial charge is 0.573 e. The monoisotopic (exact) mass is 545 g/mol. The van der Waals surface area contributed by atoms with Crippen molar-refractivity contribution in [2.45, 2.75) is 75.6 Å². The van der Waals surface area contributed by atoms with Gasteiger partial charge in [-0.05, 0) is 70.5 Å². The maximum Gasteiger partial charge on any atom is 0.573 e. The third-order valence-electron chi connectivity index (χ3n) is 7.08. The first-order valence-corrected chi connectivity index (χ1v) is 12.4. The highest BCUT2D eigenvalue weighted by Gasteiger charge is 2.43. The average molecular weight is 546 g/mol. The number of imide groups is 1. The highest BCUT2D eigenvalue weighted by Crippen LogP contribution is 2.52. The fourth-order valence-corrected chi connectivity index (χ4v) is 5.89. The molecule has 0 aromatic heterocycles. The maximum atomic E-state index is 14.5. The summed E-state index contributed by atoms with van der Waals surface area (Å²) in [7, 11) is 0. The fraction of sp³-hybridized carbons (Fsp3) is 0.462. The number of fused-ring (bicyclic) bond motifs is 1. The Hall–Kier alpha value is -2.69. The lowest BCUT2D eigenvalue weighted by Crippen LogP contribution is -2.34. The summed E-state index contributed by atoms with van der Waals surface area (Å²) >= 11 is 0.639. The predicted octanol–water partition coefficient (Wildman–Crippen LogP) is 7.51. The molecule has 1 aliphatic carbocycles. The van der Waals surface area contributed by atoms with E-state index in [-0.39, 0.29) is 12.0 Å². The molecule has 37 heavy (non-hydrogen) atoms. The number of amides is 2. The van der Waals surface area contributed by atoms with E-state index in [1.165, 1.54) is 18.2 Å². The molecule has 1 atom stereocenters. The molecule has 1 saturated heterocycles. The van der Waals surface area contributed by atoms with Crippen molar-refractivity contribution in [3.05, 3.63) is 52.6 Å². The molecule has 2 amide bonds. The highest BCUT2D eigenvalue weighted by atomic mass is 32.2. The van der Waals surface area contributed by atoms with Crippen molar-refractivity contribution in [3.8, 4) is 16.9 Å². The van der Waals surface area contributed by atoms with Crippen LogP contribution in [0.2, 0.25) is 0 Å². The summed E-state index contributed by atoms with van der Waals surface area (Å²) in [4.78, 5) is 23.8. The smallest absolute Gasteiger partial charge is 0.405 e. The van der Waals surface area contributed by atoms with Gasteiger partial charge in [0.2, 0.25) is 5.91 Å². The molecule has 2 aromatic carbocycles. The number of carbonyl (C=O) groups is 2. The third kappa shape index (κ3) is 5.46. The van der Waals surface area contributed by atoms with Gasteiger partial charge in [0, 0.05) is 5.56 Å². The lowest BCUT2D eigenvalue weighted by atomic mass is 9.62. The molecule has 11 heteroatoms. The quantitative estimate of drug-likeness (QED) is 0.404. The molecule has 1 N–H and O–H groups in total. The molecule has 1 aliphatic heterocycles. The number of halogens is 6. The Morgan fingerprint density at radius 1 is 0.973 bits per heavy atom. The van der Waals surface area contributed by atoms with E-state index in [1.807, 2.05) is 27.7 Å². The van der Waals surface area contributed by atoms with E-state index in [4.69, 9.17) is 0 Å². The zero-order chi connectivity index (χ0) is 27.6. The second-order valence-corrected chi connectivity index (χ2v) is 11.8. The van der Waals surface area contributed by atoms with E-state index in [1.54, 1.807) is 0 Å². The van der Waals surface area contributed by atoms with Crippen molar-refractivity contribution < 1.29 is 40.7 Å². The lowest BCUT2D eigenvalue weighted by Gasteiger charge is -2.42. The zero-order valence-corrected chi connectivity index (χ0v) is 21.3. The minimum atomic E-state index is -5.17. The van der Waals surface area contributed by atoms with Gasteiger partial charge in [0.1, 0.15) is 5.75 Å². The van der Waals surface area contributed by atoms with Gasteiger partial charge in [-0.3, -0.25) is 14.9 Å². The molecule has 2 aliphatic rings. The van der Waals surface area contributed by atoms with Crippen molar-refractivity contribution in [3.63, 3.8) is 0 Å². The second-order valence-electron chi connectivity index (χ2n) is 10.6. The molecule has 1 heterocycles. The summed E-state index contributed by atoms with van der Waals surface area (Å²) in [6.45, 7) is 7.48. The number of nitrogens with one attached hydrogen (secondary N) is 1. The summed E-state index contributed by atoms with van der Waals surface area (Å²) in [6, 6.07) is 5.89. The van der Waals surface area contributed by atoms with Gasteiger partial charge in [-0.1, -0.05) is 51.6 Å². The zero-order valence-electron chi connectivity index (χ0n) is 20.5. The van der Waals surface area contributed by atoms with Gasteiger partial charge in [0.25, 0.3) is 5.24 Å². The van der Waals surface area contributed by atoms with Crippen molar-refractivity contribution in [1.29, 1.82) is 0 Å². The van der Waals surface area contributed by atoms with E-state index in [0.29, 0.717) is 35.7 Å². The van der Waals surface area contributed by atoms with Gasteiger partial charge < -0.3 is 4.74 Å². The minimum Gasteiger partial charge on any atom is -0.405 e. The number of hydrogen-bond acceptors (Lipinski definition) is 4. The SMILES string of the molecule is CC1(C)CCC(C)(C)c2cc(C(F)(F)F)c(-c3c(CC4SC(=O)NC4=O)cccc3OC(F)(F)F)cc21. The number of alkyl halides is 6. The molecule has 1 unspecified atom stereocenters. The molecular formula is C26H25F6NO3S.